The first-order chi connectivity index (χ1) is 9.05. The fourth-order valence-corrected chi connectivity index (χ4v) is 2.35. The molecule has 0 aromatic heterocycles. The van der Waals surface area contributed by atoms with Crippen molar-refractivity contribution in [1.82, 2.24) is 5.32 Å². The molecule has 0 fully saturated rings. The Bertz CT molecular complexity index is 571. The van der Waals surface area contributed by atoms with E-state index in [1.807, 2.05) is 20.8 Å². The summed E-state index contributed by atoms with van der Waals surface area (Å²) in [6.07, 6.45) is 1.13. The maximum absolute atomic E-state index is 12.1. The van der Waals surface area contributed by atoms with Gasteiger partial charge >= 0.3 is 0 Å². The highest BCUT2D eigenvalue weighted by Crippen LogP contribution is 2.19. The Hall–Kier alpha value is -1.40. The van der Waals surface area contributed by atoms with Gasteiger partial charge in [-0.1, -0.05) is 20.8 Å². The minimum atomic E-state index is -3.25. The van der Waals surface area contributed by atoms with E-state index < -0.39 is 9.84 Å². The zero-order valence-electron chi connectivity index (χ0n) is 12.3. The Morgan fingerprint density at radius 1 is 1.25 bits per heavy atom. The molecule has 1 aromatic rings. The normalized spacial score (nSPS) is 13.8. The number of benzene rings is 1. The maximum atomic E-state index is 12.1. The summed E-state index contributed by atoms with van der Waals surface area (Å²) in [5.41, 5.74) is 5.95. The zero-order chi connectivity index (χ0) is 15.6. The fourth-order valence-electron chi connectivity index (χ4n) is 1.72. The van der Waals surface area contributed by atoms with Crippen molar-refractivity contribution in [1.29, 1.82) is 0 Å². The molecule has 0 bridgehead atoms. The topological polar surface area (TPSA) is 89.3 Å². The predicted molar refractivity (Wildman–Crippen MR) is 79.3 cm³/mol. The van der Waals surface area contributed by atoms with Crippen molar-refractivity contribution in [3.8, 4) is 0 Å². The second kappa shape index (κ2) is 5.93. The standard InChI is InChI=1S/C14H22N2O3S/c1-14(2,3)12(9-15)16-13(17)10-5-7-11(8-6-10)20(4,18)19/h5-8,12H,9,15H2,1-4H3,(H,16,17). The summed E-state index contributed by atoms with van der Waals surface area (Å²) in [6, 6.07) is 5.71. The molecule has 0 aliphatic carbocycles. The van der Waals surface area contributed by atoms with Crippen LogP contribution in [-0.4, -0.2) is 33.2 Å². The molecule has 0 saturated heterocycles. The molecule has 0 spiro atoms. The van der Waals surface area contributed by atoms with Gasteiger partial charge in [0.2, 0.25) is 0 Å². The van der Waals surface area contributed by atoms with Crippen LogP contribution in [0.5, 0.6) is 0 Å². The van der Waals surface area contributed by atoms with Gasteiger partial charge in [-0.15, -0.1) is 0 Å². The highest BCUT2D eigenvalue weighted by Gasteiger charge is 2.25. The van der Waals surface area contributed by atoms with Crippen LogP contribution in [0.15, 0.2) is 29.2 Å². The highest BCUT2D eigenvalue weighted by molar-refractivity contribution is 7.90. The van der Waals surface area contributed by atoms with Gasteiger partial charge in [-0.3, -0.25) is 4.79 Å². The lowest BCUT2D eigenvalue weighted by Crippen LogP contribution is -2.48. The summed E-state index contributed by atoms with van der Waals surface area (Å²) >= 11 is 0. The third kappa shape index (κ3) is 4.31. The van der Waals surface area contributed by atoms with E-state index in [9.17, 15) is 13.2 Å². The molecule has 5 nitrogen and oxygen atoms in total. The Morgan fingerprint density at radius 3 is 2.10 bits per heavy atom. The van der Waals surface area contributed by atoms with Crippen molar-refractivity contribution in [2.75, 3.05) is 12.8 Å². The lowest BCUT2D eigenvalue weighted by Gasteiger charge is -2.30. The number of rotatable bonds is 4. The molecule has 1 rings (SSSR count). The molecule has 0 aliphatic rings. The zero-order valence-corrected chi connectivity index (χ0v) is 13.1. The molecule has 0 aliphatic heterocycles. The van der Waals surface area contributed by atoms with E-state index in [0.717, 1.165) is 6.26 Å². The van der Waals surface area contributed by atoms with Crippen LogP contribution >= 0.6 is 0 Å². The molecular formula is C14H22N2O3S. The Kier molecular flexibility index (Phi) is 4.94. The van der Waals surface area contributed by atoms with Crippen molar-refractivity contribution in [3.05, 3.63) is 29.8 Å². The Labute approximate surface area is 120 Å². The van der Waals surface area contributed by atoms with Gasteiger partial charge in [-0.2, -0.15) is 0 Å². The minimum absolute atomic E-state index is 0.142. The highest BCUT2D eigenvalue weighted by atomic mass is 32.2. The van der Waals surface area contributed by atoms with Crippen LogP contribution in [0.3, 0.4) is 0 Å². The molecule has 0 heterocycles. The van der Waals surface area contributed by atoms with E-state index >= 15 is 0 Å². The fraction of sp³-hybridized carbons (Fsp3) is 0.500. The van der Waals surface area contributed by atoms with Gasteiger partial charge in [0, 0.05) is 24.4 Å². The van der Waals surface area contributed by atoms with Crippen LogP contribution < -0.4 is 11.1 Å². The number of carbonyl (C=O) groups is 1. The van der Waals surface area contributed by atoms with Crippen molar-refractivity contribution in [2.45, 2.75) is 31.7 Å². The molecule has 0 saturated carbocycles. The van der Waals surface area contributed by atoms with Crippen molar-refractivity contribution in [3.63, 3.8) is 0 Å². The number of nitrogens with one attached hydrogen (secondary N) is 1. The summed E-state index contributed by atoms with van der Waals surface area (Å²) in [5, 5.41) is 2.87. The van der Waals surface area contributed by atoms with E-state index in [-0.39, 0.29) is 22.3 Å². The first-order valence-electron chi connectivity index (χ1n) is 6.37. The summed E-state index contributed by atoms with van der Waals surface area (Å²) in [5.74, 6) is -0.254. The van der Waals surface area contributed by atoms with Gasteiger partial charge in [-0.25, -0.2) is 8.42 Å². The average Bonchev–Trinajstić information content (AvgIpc) is 2.33. The number of amides is 1. The molecule has 0 radical (unpaired) electrons. The second-order valence-corrected chi connectivity index (χ2v) is 7.94. The van der Waals surface area contributed by atoms with Gasteiger partial charge in [0.15, 0.2) is 9.84 Å². The predicted octanol–water partition coefficient (Wildman–Crippen LogP) is 1.19. The number of sulfone groups is 1. The number of hydrogen-bond donors (Lipinski definition) is 2. The Balaban J connectivity index is 2.89. The van der Waals surface area contributed by atoms with Crippen LogP contribution in [-0.2, 0) is 9.84 Å². The van der Waals surface area contributed by atoms with Crippen LogP contribution in [0.1, 0.15) is 31.1 Å². The van der Waals surface area contributed by atoms with Gasteiger partial charge in [0.25, 0.3) is 5.91 Å². The van der Waals surface area contributed by atoms with Crippen LogP contribution in [0.4, 0.5) is 0 Å². The van der Waals surface area contributed by atoms with E-state index in [0.29, 0.717) is 12.1 Å². The SMILES string of the molecule is CC(C)(C)C(CN)NC(=O)c1ccc(S(C)(=O)=O)cc1. The molecule has 3 N–H and O–H groups in total. The summed E-state index contributed by atoms with van der Waals surface area (Å²) in [7, 11) is -3.25. The molecule has 1 aromatic carbocycles. The van der Waals surface area contributed by atoms with E-state index in [4.69, 9.17) is 5.73 Å². The second-order valence-electron chi connectivity index (χ2n) is 5.92. The third-order valence-electron chi connectivity index (χ3n) is 3.13. The summed E-state index contributed by atoms with van der Waals surface area (Å²) in [4.78, 5) is 12.3. The van der Waals surface area contributed by atoms with Gasteiger partial charge in [0.1, 0.15) is 0 Å². The average molecular weight is 298 g/mol. The lowest BCUT2D eigenvalue weighted by molar-refractivity contribution is 0.0905. The van der Waals surface area contributed by atoms with E-state index in [1.54, 1.807) is 0 Å². The number of nitrogens with two attached hydrogens (primary N) is 1. The quantitative estimate of drug-likeness (QED) is 0.874. The third-order valence-corrected chi connectivity index (χ3v) is 4.26. The summed E-state index contributed by atoms with van der Waals surface area (Å²) < 4.78 is 22.7. The first kappa shape index (κ1) is 16.7. The van der Waals surface area contributed by atoms with Crippen LogP contribution in [0, 0.1) is 5.41 Å². The Morgan fingerprint density at radius 2 is 1.75 bits per heavy atom. The molecule has 20 heavy (non-hydrogen) atoms. The largest absolute Gasteiger partial charge is 0.348 e. The number of carbonyl (C=O) groups excluding carboxylic acids is 1. The van der Waals surface area contributed by atoms with Crippen molar-refractivity contribution >= 4 is 15.7 Å². The first-order valence-corrected chi connectivity index (χ1v) is 8.26. The van der Waals surface area contributed by atoms with Gasteiger partial charge in [0.05, 0.1) is 4.90 Å². The van der Waals surface area contributed by atoms with Crippen molar-refractivity contribution in [2.24, 2.45) is 11.1 Å². The molecule has 112 valence electrons. The van der Waals surface area contributed by atoms with E-state index in [2.05, 4.69) is 5.32 Å². The summed E-state index contributed by atoms with van der Waals surface area (Å²) in [6.45, 7) is 6.34. The molecule has 6 heteroatoms. The van der Waals surface area contributed by atoms with Gasteiger partial charge < -0.3 is 11.1 Å². The maximum Gasteiger partial charge on any atom is 0.251 e. The molecule has 1 unspecified atom stereocenters. The smallest absolute Gasteiger partial charge is 0.251 e. The van der Waals surface area contributed by atoms with Gasteiger partial charge in [-0.05, 0) is 29.7 Å². The minimum Gasteiger partial charge on any atom is -0.348 e. The molecule has 1 atom stereocenters. The monoisotopic (exact) mass is 298 g/mol. The van der Waals surface area contributed by atoms with E-state index in [1.165, 1.54) is 24.3 Å². The molecule has 1 amide bonds. The van der Waals surface area contributed by atoms with Crippen LogP contribution in [0.2, 0.25) is 0 Å². The van der Waals surface area contributed by atoms with Crippen LogP contribution in [0.25, 0.3) is 0 Å². The number of hydrogen-bond acceptors (Lipinski definition) is 4. The molecular weight excluding hydrogens is 276 g/mol. The lowest BCUT2D eigenvalue weighted by atomic mass is 9.86. The van der Waals surface area contributed by atoms with Crippen molar-refractivity contribution < 1.29 is 13.2 Å².